The Labute approximate surface area is 189 Å². The highest BCUT2D eigenvalue weighted by Gasteiger charge is 2.50. The topological polar surface area (TPSA) is 110 Å². The number of carbonyl (C=O) groups is 1. The average molecular weight is 481 g/mol. The summed E-state index contributed by atoms with van der Waals surface area (Å²) in [5.74, 6) is -0.945. The molecule has 32 heavy (non-hydrogen) atoms. The van der Waals surface area contributed by atoms with Crippen LogP contribution in [0.2, 0.25) is 0 Å². The maximum atomic E-state index is 13.4. The van der Waals surface area contributed by atoms with Crippen molar-refractivity contribution in [3.8, 4) is 5.75 Å². The minimum atomic E-state index is -4.18. The lowest BCUT2D eigenvalue weighted by molar-refractivity contribution is -0.123. The number of nitrogens with zero attached hydrogens (tertiary/aromatic N) is 1. The monoisotopic (exact) mass is 480 g/mol. The van der Waals surface area contributed by atoms with Gasteiger partial charge in [-0.2, -0.15) is 0 Å². The zero-order chi connectivity index (χ0) is 24.1. The summed E-state index contributed by atoms with van der Waals surface area (Å²) in [5, 5.41) is 0. The molecule has 1 amide bonds. The maximum absolute atomic E-state index is 13.4. The van der Waals surface area contributed by atoms with Crippen molar-refractivity contribution < 1.29 is 26.4 Å². The molecule has 0 aromatic heterocycles. The zero-order valence-corrected chi connectivity index (χ0v) is 20.6. The summed E-state index contributed by atoms with van der Waals surface area (Å²) in [7, 11) is -6.80. The van der Waals surface area contributed by atoms with Crippen LogP contribution in [0.15, 0.2) is 47.4 Å². The van der Waals surface area contributed by atoms with Crippen LogP contribution in [0, 0.1) is 5.41 Å². The molecule has 0 bridgehead atoms. The minimum absolute atomic E-state index is 0.0257. The fourth-order valence-corrected chi connectivity index (χ4v) is 7.06. The third-order valence-electron chi connectivity index (χ3n) is 5.24. The van der Waals surface area contributed by atoms with E-state index in [-0.39, 0.29) is 27.5 Å². The fourth-order valence-electron chi connectivity index (χ4n) is 3.69. The first kappa shape index (κ1) is 24.1. The Morgan fingerprint density at radius 1 is 1.09 bits per heavy atom. The number of amides is 1. The van der Waals surface area contributed by atoms with Gasteiger partial charge in [-0.15, -0.1) is 0 Å². The van der Waals surface area contributed by atoms with Crippen LogP contribution in [0.25, 0.3) is 0 Å². The fraction of sp³-hybridized carbons (Fsp3) is 0.409. The number of rotatable bonds is 5. The number of methoxy groups -OCH3 is 1. The van der Waals surface area contributed by atoms with Gasteiger partial charge in [0.25, 0.3) is 10.0 Å². The summed E-state index contributed by atoms with van der Waals surface area (Å²) in [6, 6.07) is 10.9. The largest absolute Gasteiger partial charge is 0.495 e. The van der Waals surface area contributed by atoms with Crippen LogP contribution in [0.4, 0.5) is 11.4 Å². The minimum Gasteiger partial charge on any atom is -0.495 e. The Morgan fingerprint density at radius 3 is 2.25 bits per heavy atom. The molecule has 1 fully saturated rings. The number of para-hydroxylation sites is 1. The second kappa shape index (κ2) is 7.77. The van der Waals surface area contributed by atoms with Gasteiger partial charge in [-0.25, -0.2) is 21.1 Å². The van der Waals surface area contributed by atoms with Gasteiger partial charge in [-0.1, -0.05) is 39.0 Å². The summed E-state index contributed by atoms with van der Waals surface area (Å²) < 4.78 is 60.5. The van der Waals surface area contributed by atoms with Gasteiger partial charge in [0, 0.05) is 0 Å². The molecule has 0 aliphatic carbocycles. The van der Waals surface area contributed by atoms with Crippen molar-refractivity contribution in [1.82, 2.24) is 0 Å². The lowest BCUT2D eigenvalue weighted by Crippen LogP contribution is -2.33. The standard InChI is InChI=1S/C22H28N2O6S2/c1-21(2,3)16-9-7-8-10-17(16)23-32(28,29)19-13-15(11-12-18(19)30-6)24-20(25)22(4,5)14-31(24,26)27/h7-13,23H,14H2,1-6H3. The molecule has 3 rings (SSSR count). The van der Waals surface area contributed by atoms with E-state index < -0.39 is 31.4 Å². The number of benzene rings is 2. The maximum Gasteiger partial charge on any atom is 0.265 e. The van der Waals surface area contributed by atoms with E-state index in [0.717, 1.165) is 11.6 Å². The highest BCUT2D eigenvalue weighted by atomic mass is 32.2. The lowest BCUT2D eigenvalue weighted by atomic mass is 9.86. The number of hydrogen-bond acceptors (Lipinski definition) is 6. The highest BCUT2D eigenvalue weighted by Crippen LogP contribution is 2.39. The molecule has 0 atom stereocenters. The smallest absolute Gasteiger partial charge is 0.265 e. The van der Waals surface area contributed by atoms with E-state index in [1.54, 1.807) is 26.0 Å². The van der Waals surface area contributed by atoms with E-state index in [1.807, 2.05) is 32.9 Å². The molecule has 2 aromatic carbocycles. The predicted molar refractivity (Wildman–Crippen MR) is 124 cm³/mol. The molecule has 10 heteroatoms. The Hall–Kier alpha value is -2.59. The molecule has 2 aromatic rings. The van der Waals surface area contributed by atoms with Crippen molar-refractivity contribution in [2.75, 3.05) is 21.9 Å². The van der Waals surface area contributed by atoms with E-state index in [2.05, 4.69) is 4.72 Å². The summed E-state index contributed by atoms with van der Waals surface area (Å²) >= 11 is 0. The SMILES string of the molecule is COc1ccc(N2C(=O)C(C)(C)CS2(=O)=O)cc1S(=O)(=O)Nc1ccccc1C(C)(C)C. The van der Waals surface area contributed by atoms with Gasteiger partial charge < -0.3 is 4.74 Å². The van der Waals surface area contributed by atoms with E-state index in [9.17, 15) is 21.6 Å². The highest BCUT2D eigenvalue weighted by molar-refractivity contribution is 7.94. The molecule has 8 nitrogen and oxygen atoms in total. The van der Waals surface area contributed by atoms with Crippen LogP contribution in [-0.4, -0.2) is 35.6 Å². The molecular formula is C22H28N2O6S2. The van der Waals surface area contributed by atoms with E-state index in [4.69, 9.17) is 4.74 Å². The van der Waals surface area contributed by atoms with Crippen molar-refractivity contribution in [3.63, 3.8) is 0 Å². The first-order chi connectivity index (χ1) is 14.6. The van der Waals surface area contributed by atoms with Crippen molar-refractivity contribution >= 4 is 37.3 Å². The molecule has 0 saturated carbocycles. The Kier molecular flexibility index (Phi) is 5.84. The summed E-state index contributed by atoms with van der Waals surface area (Å²) in [6.07, 6.45) is 0. The van der Waals surface area contributed by atoms with E-state index >= 15 is 0 Å². The molecular weight excluding hydrogens is 452 g/mol. The van der Waals surface area contributed by atoms with Crippen LogP contribution >= 0.6 is 0 Å². The number of nitrogens with one attached hydrogen (secondary N) is 1. The van der Waals surface area contributed by atoms with Crippen molar-refractivity contribution in [3.05, 3.63) is 48.0 Å². The van der Waals surface area contributed by atoms with Crippen LogP contribution < -0.4 is 13.8 Å². The van der Waals surface area contributed by atoms with Crippen molar-refractivity contribution in [2.24, 2.45) is 5.41 Å². The van der Waals surface area contributed by atoms with Gasteiger partial charge in [-0.3, -0.25) is 9.52 Å². The Bertz CT molecular complexity index is 1280. The molecule has 1 N–H and O–H groups in total. The molecule has 0 unspecified atom stereocenters. The average Bonchev–Trinajstić information content (AvgIpc) is 2.83. The molecule has 174 valence electrons. The van der Waals surface area contributed by atoms with Crippen LogP contribution in [0.3, 0.4) is 0 Å². The summed E-state index contributed by atoms with van der Waals surface area (Å²) in [4.78, 5) is 12.5. The van der Waals surface area contributed by atoms with Gasteiger partial charge in [0.15, 0.2) is 0 Å². The second-order valence-corrected chi connectivity index (χ2v) is 12.9. The number of carbonyl (C=O) groups excluding carboxylic acids is 1. The zero-order valence-electron chi connectivity index (χ0n) is 19.0. The van der Waals surface area contributed by atoms with Gasteiger partial charge in [0.1, 0.15) is 10.6 Å². The van der Waals surface area contributed by atoms with Crippen molar-refractivity contribution in [2.45, 2.75) is 44.9 Å². The van der Waals surface area contributed by atoms with Gasteiger partial charge in [-0.05, 0) is 49.1 Å². The Morgan fingerprint density at radius 2 is 1.72 bits per heavy atom. The third kappa shape index (κ3) is 4.33. The molecule has 1 saturated heterocycles. The Balaban J connectivity index is 2.12. The number of sulfonamides is 2. The third-order valence-corrected chi connectivity index (χ3v) is 8.64. The first-order valence-corrected chi connectivity index (χ1v) is 13.1. The summed E-state index contributed by atoms with van der Waals surface area (Å²) in [5.41, 5.74) is -0.295. The number of ether oxygens (including phenoxy) is 1. The second-order valence-electron chi connectivity index (χ2n) is 9.45. The first-order valence-electron chi connectivity index (χ1n) is 9.98. The van der Waals surface area contributed by atoms with Crippen molar-refractivity contribution in [1.29, 1.82) is 0 Å². The van der Waals surface area contributed by atoms with E-state index in [1.165, 1.54) is 19.2 Å². The molecule has 0 radical (unpaired) electrons. The molecule has 1 aliphatic rings. The normalized spacial score (nSPS) is 17.9. The number of anilines is 2. The lowest BCUT2D eigenvalue weighted by Gasteiger charge is -2.24. The van der Waals surface area contributed by atoms with Gasteiger partial charge in [0.2, 0.25) is 15.9 Å². The summed E-state index contributed by atoms with van der Waals surface area (Å²) in [6.45, 7) is 8.98. The van der Waals surface area contributed by atoms with Crippen LogP contribution in [0.5, 0.6) is 5.75 Å². The number of hydrogen-bond donors (Lipinski definition) is 1. The molecule has 1 aliphatic heterocycles. The van der Waals surface area contributed by atoms with Gasteiger partial charge in [0.05, 0.1) is 29.7 Å². The van der Waals surface area contributed by atoms with Crippen LogP contribution in [0.1, 0.15) is 40.2 Å². The van der Waals surface area contributed by atoms with Gasteiger partial charge >= 0.3 is 0 Å². The van der Waals surface area contributed by atoms with Crippen LogP contribution in [-0.2, 0) is 30.3 Å². The quantitative estimate of drug-likeness (QED) is 0.701. The van der Waals surface area contributed by atoms with E-state index in [0.29, 0.717) is 9.99 Å². The predicted octanol–water partition coefficient (Wildman–Crippen LogP) is 3.50. The molecule has 0 spiro atoms. The molecule has 1 heterocycles.